The molecule has 1 aromatic heterocycles. The molecule has 3 rings (SSSR count). The lowest BCUT2D eigenvalue weighted by Crippen LogP contribution is -2.20. The number of aryl methyl sites for hydroxylation is 1. The molecule has 0 saturated carbocycles. The van der Waals surface area contributed by atoms with E-state index in [0.29, 0.717) is 5.82 Å². The number of imidazole rings is 1. The number of aromatic nitrogens is 2. The second-order valence-corrected chi connectivity index (χ2v) is 5.88. The molecular weight excluding hydrogens is 355 g/mol. The number of anilines is 1. The summed E-state index contributed by atoms with van der Waals surface area (Å²) in [4.78, 5) is 16.6. The van der Waals surface area contributed by atoms with Gasteiger partial charge in [0, 0.05) is 5.69 Å². The number of nitrogens with one attached hydrogen (secondary N) is 1. The summed E-state index contributed by atoms with van der Waals surface area (Å²) in [6.07, 6.45) is -4.59. The number of amides is 1. The molecule has 130 valence electrons. The number of fused-ring (bicyclic) bond motifs is 1. The second-order valence-electron chi connectivity index (χ2n) is 5.47. The molecule has 0 unspecified atom stereocenters. The zero-order chi connectivity index (χ0) is 18.2. The Kier molecular flexibility index (Phi) is 4.43. The first-order chi connectivity index (χ1) is 11.8. The Balaban J connectivity index is 1.82. The number of carbonyl (C=O) groups excluding carboxylic acids is 1. The van der Waals surface area contributed by atoms with E-state index in [0.717, 1.165) is 23.2 Å². The van der Waals surface area contributed by atoms with Crippen molar-refractivity contribution in [2.24, 2.45) is 0 Å². The molecule has 0 aliphatic carbocycles. The fraction of sp³-hybridized carbons (Fsp3) is 0.176. The van der Waals surface area contributed by atoms with Crippen LogP contribution in [0.4, 0.5) is 18.9 Å². The Morgan fingerprint density at radius 3 is 2.68 bits per heavy atom. The molecule has 0 aliphatic heterocycles. The zero-order valence-electron chi connectivity index (χ0n) is 13.1. The van der Waals surface area contributed by atoms with Crippen molar-refractivity contribution in [2.75, 3.05) is 5.32 Å². The van der Waals surface area contributed by atoms with Gasteiger partial charge in [0.2, 0.25) is 5.91 Å². The van der Waals surface area contributed by atoms with Crippen molar-refractivity contribution in [1.29, 1.82) is 0 Å². The lowest BCUT2D eigenvalue weighted by molar-refractivity contribution is -0.137. The Morgan fingerprint density at radius 2 is 1.96 bits per heavy atom. The van der Waals surface area contributed by atoms with Gasteiger partial charge in [0.05, 0.1) is 21.6 Å². The topological polar surface area (TPSA) is 46.9 Å². The van der Waals surface area contributed by atoms with Crippen molar-refractivity contribution >= 4 is 34.2 Å². The van der Waals surface area contributed by atoms with Gasteiger partial charge >= 0.3 is 6.18 Å². The molecule has 0 saturated heterocycles. The fourth-order valence-corrected chi connectivity index (χ4v) is 2.78. The van der Waals surface area contributed by atoms with Gasteiger partial charge in [-0.1, -0.05) is 23.7 Å². The molecule has 0 atom stereocenters. The Bertz CT molecular complexity index is 950. The molecule has 0 bridgehead atoms. The van der Waals surface area contributed by atoms with Gasteiger partial charge in [-0.3, -0.25) is 4.79 Å². The quantitative estimate of drug-likeness (QED) is 0.732. The van der Waals surface area contributed by atoms with Crippen LogP contribution in [0.15, 0.2) is 42.5 Å². The lowest BCUT2D eigenvalue weighted by Gasteiger charge is -2.12. The largest absolute Gasteiger partial charge is 0.417 e. The summed E-state index contributed by atoms with van der Waals surface area (Å²) in [5, 5.41) is 2.05. The smallest absolute Gasteiger partial charge is 0.325 e. The maximum Gasteiger partial charge on any atom is 0.417 e. The number of carbonyl (C=O) groups is 1. The highest BCUT2D eigenvalue weighted by molar-refractivity contribution is 6.31. The van der Waals surface area contributed by atoms with Crippen molar-refractivity contribution in [3.05, 3.63) is 58.9 Å². The van der Waals surface area contributed by atoms with Crippen LogP contribution in [0, 0.1) is 6.92 Å². The fourth-order valence-electron chi connectivity index (χ4n) is 2.56. The van der Waals surface area contributed by atoms with Gasteiger partial charge in [0.25, 0.3) is 0 Å². The van der Waals surface area contributed by atoms with E-state index in [2.05, 4.69) is 10.3 Å². The average Bonchev–Trinajstić information content (AvgIpc) is 2.84. The molecule has 4 nitrogen and oxygen atoms in total. The van der Waals surface area contributed by atoms with Gasteiger partial charge in [-0.15, -0.1) is 0 Å². The number of halogens is 4. The minimum Gasteiger partial charge on any atom is -0.325 e. The summed E-state index contributed by atoms with van der Waals surface area (Å²) in [6.45, 7) is 1.70. The van der Waals surface area contributed by atoms with Gasteiger partial charge in [0.1, 0.15) is 12.4 Å². The number of rotatable bonds is 3. The molecule has 0 radical (unpaired) electrons. The third-order valence-corrected chi connectivity index (χ3v) is 4.03. The first kappa shape index (κ1) is 17.3. The number of nitrogens with zero attached hydrogens (tertiary/aromatic N) is 2. The van der Waals surface area contributed by atoms with Crippen LogP contribution >= 0.6 is 11.6 Å². The van der Waals surface area contributed by atoms with Gasteiger partial charge in [0.15, 0.2) is 0 Å². The summed E-state index contributed by atoms with van der Waals surface area (Å²) in [5.41, 5.74) is 0.570. The van der Waals surface area contributed by atoms with Crippen molar-refractivity contribution < 1.29 is 18.0 Å². The van der Waals surface area contributed by atoms with Crippen LogP contribution in [-0.4, -0.2) is 15.5 Å². The van der Waals surface area contributed by atoms with E-state index in [9.17, 15) is 18.0 Å². The van der Waals surface area contributed by atoms with E-state index in [1.165, 1.54) is 6.07 Å². The summed E-state index contributed by atoms with van der Waals surface area (Å²) < 4.78 is 40.4. The molecule has 1 N–H and O–H groups in total. The van der Waals surface area contributed by atoms with Crippen molar-refractivity contribution in [1.82, 2.24) is 9.55 Å². The van der Waals surface area contributed by atoms with Crippen LogP contribution in [0.3, 0.4) is 0 Å². The van der Waals surface area contributed by atoms with E-state index in [1.807, 2.05) is 24.3 Å². The first-order valence-corrected chi connectivity index (χ1v) is 7.72. The molecule has 0 spiro atoms. The molecule has 1 heterocycles. The van der Waals surface area contributed by atoms with Crippen molar-refractivity contribution in [3.8, 4) is 0 Å². The minimum absolute atomic E-state index is 0.0313. The molecule has 0 fully saturated rings. The predicted molar refractivity (Wildman–Crippen MR) is 89.6 cm³/mol. The normalized spacial score (nSPS) is 11.7. The lowest BCUT2D eigenvalue weighted by atomic mass is 10.2. The first-order valence-electron chi connectivity index (χ1n) is 7.34. The Hall–Kier alpha value is -2.54. The molecule has 2 aromatic carbocycles. The predicted octanol–water partition coefficient (Wildman–Crippen LogP) is 4.66. The molecule has 1 amide bonds. The summed E-state index contributed by atoms with van der Waals surface area (Å²) in [7, 11) is 0. The van der Waals surface area contributed by atoms with Crippen LogP contribution in [-0.2, 0) is 17.5 Å². The van der Waals surface area contributed by atoms with Crippen LogP contribution in [0.2, 0.25) is 5.02 Å². The summed E-state index contributed by atoms with van der Waals surface area (Å²) in [5.74, 6) is 0.185. The van der Waals surface area contributed by atoms with Crippen molar-refractivity contribution in [2.45, 2.75) is 19.6 Å². The number of hydrogen-bond acceptors (Lipinski definition) is 2. The monoisotopic (exact) mass is 367 g/mol. The highest BCUT2D eigenvalue weighted by Crippen LogP contribution is 2.36. The van der Waals surface area contributed by atoms with E-state index < -0.39 is 22.7 Å². The second kappa shape index (κ2) is 6.40. The third kappa shape index (κ3) is 3.61. The maximum absolute atomic E-state index is 12.9. The van der Waals surface area contributed by atoms with Crippen LogP contribution in [0.5, 0.6) is 0 Å². The molecular formula is C17H13ClF3N3O. The molecule has 0 aliphatic rings. The van der Waals surface area contributed by atoms with Gasteiger partial charge in [-0.2, -0.15) is 13.2 Å². The van der Waals surface area contributed by atoms with E-state index >= 15 is 0 Å². The standard InChI is InChI=1S/C17H13ClF3N3O/c1-10-22-14-4-2-3-5-15(14)24(10)9-16(25)23-11-6-7-13(18)12(8-11)17(19,20)21/h2-8H,9H2,1H3,(H,23,25). The van der Waals surface area contributed by atoms with Crippen LogP contribution < -0.4 is 5.32 Å². The SMILES string of the molecule is Cc1nc2ccccc2n1CC(=O)Nc1ccc(Cl)c(C(F)(F)F)c1. The van der Waals surface area contributed by atoms with E-state index in [1.54, 1.807) is 11.5 Å². The molecule has 3 aromatic rings. The van der Waals surface area contributed by atoms with Crippen LogP contribution in [0.1, 0.15) is 11.4 Å². The zero-order valence-corrected chi connectivity index (χ0v) is 13.8. The van der Waals surface area contributed by atoms with E-state index in [4.69, 9.17) is 11.6 Å². The van der Waals surface area contributed by atoms with Gasteiger partial charge in [-0.25, -0.2) is 4.98 Å². The number of para-hydroxylation sites is 2. The molecule has 25 heavy (non-hydrogen) atoms. The minimum atomic E-state index is -4.59. The Morgan fingerprint density at radius 1 is 1.24 bits per heavy atom. The van der Waals surface area contributed by atoms with E-state index in [-0.39, 0.29) is 12.2 Å². The van der Waals surface area contributed by atoms with Gasteiger partial charge in [-0.05, 0) is 37.3 Å². The Labute approximate surface area is 146 Å². The van der Waals surface area contributed by atoms with Crippen molar-refractivity contribution in [3.63, 3.8) is 0 Å². The van der Waals surface area contributed by atoms with Crippen LogP contribution in [0.25, 0.3) is 11.0 Å². The highest BCUT2D eigenvalue weighted by Gasteiger charge is 2.33. The third-order valence-electron chi connectivity index (χ3n) is 3.70. The summed E-state index contributed by atoms with van der Waals surface area (Å²) >= 11 is 5.57. The number of benzene rings is 2. The average molecular weight is 368 g/mol. The summed E-state index contributed by atoms with van der Waals surface area (Å²) in [6, 6.07) is 10.6. The maximum atomic E-state index is 12.9. The highest BCUT2D eigenvalue weighted by atomic mass is 35.5. The molecule has 8 heteroatoms. The number of alkyl halides is 3. The van der Waals surface area contributed by atoms with Gasteiger partial charge < -0.3 is 9.88 Å². The number of hydrogen-bond donors (Lipinski definition) is 1.